The SMILES string of the molecule is CCCn1nccc1NC(=O)N[C@]1(C)CCS(=O)(=O)C1. The van der Waals surface area contributed by atoms with Crippen LogP contribution in [-0.2, 0) is 16.4 Å². The van der Waals surface area contributed by atoms with Gasteiger partial charge in [-0.15, -0.1) is 0 Å². The molecule has 0 aliphatic carbocycles. The molecular formula is C12H20N4O3S. The summed E-state index contributed by atoms with van der Waals surface area (Å²) >= 11 is 0. The fraction of sp³-hybridized carbons (Fsp3) is 0.667. The number of amides is 2. The average molecular weight is 300 g/mol. The third-order valence-electron chi connectivity index (χ3n) is 3.31. The van der Waals surface area contributed by atoms with Crippen molar-refractivity contribution in [2.75, 3.05) is 16.8 Å². The van der Waals surface area contributed by atoms with Gasteiger partial charge >= 0.3 is 6.03 Å². The highest BCUT2D eigenvalue weighted by molar-refractivity contribution is 7.91. The maximum Gasteiger partial charge on any atom is 0.320 e. The monoisotopic (exact) mass is 300 g/mol. The minimum absolute atomic E-state index is 0.0123. The van der Waals surface area contributed by atoms with Crippen molar-refractivity contribution in [2.24, 2.45) is 0 Å². The van der Waals surface area contributed by atoms with Crippen molar-refractivity contribution in [2.45, 2.75) is 38.8 Å². The van der Waals surface area contributed by atoms with Gasteiger partial charge in [-0.3, -0.25) is 5.32 Å². The molecule has 1 saturated heterocycles. The highest BCUT2D eigenvalue weighted by Crippen LogP contribution is 2.22. The molecule has 8 heteroatoms. The Morgan fingerprint density at radius 1 is 1.55 bits per heavy atom. The van der Waals surface area contributed by atoms with Crippen molar-refractivity contribution in [3.8, 4) is 0 Å². The minimum Gasteiger partial charge on any atom is -0.332 e. The number of carbonyl (C=O) groups is 1. The van der Waals surface area contributed by atoms with E-state index in [2.05, 4.69) is 15.7 Å². The van der Waals surface area contributed by atoms with Gasteiger partial charge in [-0.1, -0.05) is 6.92 Å². The summed E-state index contributed by atoms with van der Waals surface area (Å²) in [5, 5.41) is 9.57. The maximum absolute atomic E-state index is 12.0. The number of anilines is 1. The first-order chi connectivity index (χ1) is 9.34. The van der Waals surface area contributed by atoms with Crippen LogP contribution in [0.3, 0.4) is 0 Å². The van der Waals surface area contributed by atoms with Gasteiger partial charge in [-0.2, -0.15) is 5.10 Å². The second kappa shape index (κ2) is 5.43. The van der Waals surface area contributed by atoms with Crippen molar-refractivity contribution in [3.63, 3.8) is 0 Å². The van der Waals surface area contributed by atoms with Crippen molar-refractivity contribution in [1.29, 1.82) is 0 Å². The number of sulfone groups is 1. The highest BCUT2D eigenvalue weighted by atomic mass is 32.2. The molecule has 1 aromatic heterocycles. The predicted molar refractivity (Wildman–Crippen MR) is 76.3 cm³/mol. The molecule has 7 nitrogen and oxygen atoms in total. The predicted octanol–water partition coefficient (Wildman–Crippen LogP) is 0.992. The summed E-state index contributed by atoms with van der Waals surface area (Å²) in [6, 6.07) is 1.31. The molecule has 1 aliphatic heterocycles. The molecule has 1 aromatic rings. The number of carbonyl (C=O) groups excluding carboxylic acids is 1. The number of nitrogens with one attached hydrogen (secondary N) is 2. The minimum atomic E-state index is -3.04. The Kier molecular flexibility index (Phi) is 4.03. The lowest BCUT2D eigenvalue weighted by Gasteiger charge is -2.24. The van der Waals surface area contributed by atoms with Crippen LogP contribution in [0.25, 0.3) is 0 Å². The maximum atomic E-state index is 12.0. The van der Waals surface area contributed by atoms with Gasteiger partial charge in [0.1, 0.15) is 5.82 Å². The van der Waals surface area contributed by atoms with Crippen LogP contribution in [0.4, 0.5) is 10.6 Å². The van der Waals surface area contributed by atoms with E-state index in [0.717, 1.165) is 6.42 Å². The van der Waals surface area contributed by atoms with Gasteiger partial charge in [0.25, 0.3) is 0 Å². The van der Waals surface area contributed by atoms with Crippen molar-refractivity contribution < 1.29 is 13.2 Å². The zero-order valence-corrected chi connectivity index (χ0v) is 12.5. The molecule has 2 amide bonds. The molecule has 2 heterocycles. The van der Waals surface area contributed by atoms with E-state index in [1.54, 1.807) is 23.9 Å². The van der Waals surface area contributed by atoms with E-state index >= 15 is 0 Å². The number of aryl methyl sites for hydroxylation is 1. The Hall–Kier alpha value is -1.57. The Labute approximate surface area is 118 Å². The molecule has 0 radical (unpaired) electrons. The van der Waals surface area contributed by atoms with Gasteiger partial charge < -0.3 is 5.32 Å². The second-order valence-electron chi connectivity index (χ2n) is 5.42. The Morgan fingerprint density at radius 2 is 2.30 bits per heavy atom. The Morgan fingerprint density at radius 3 is 2.90 bits per heavy atom. The zero-order chi connectivity index (χ0) is 14.8. The van der Waals surface area contributed by atoms with Crippen molar-refractivity contribution >= 4 is 21.7 Å². The van der Waals surface area contributed by atoms with E-state index < -0.39 is 21.4 Å². The van der Waals surface area contributed by atoms with Crippen LogP contribution in [0.1, 0.15) is 26.7 Å². The average Bonchev–Trinajstić information content (AvgIpc) is 2.84. The molecule has 0 saturated carbocycles. The molecule has 0 spiro atoms. The van der Waals surface area contributed by atoms with Crippen LogP contribution in [0.15, 0.2) is 12.3 Å². The smallest absolute Gasteiger partial charge is 0.320 e. The number of hydrogen-bond donors (Lipinski definition) is 2. The van der Waals surface area contributed by atoms with Gasteiger partial charge in [0.15, 0.2) is 9.84 Å². The van der Waals surface area contributed by atoms with Crippen LogP contribution in [0.2, 0.25) is 0 Å². The van der Waals surface area contributed by atoms with Crippen molar-refractivity contribution in [1.82, 2.24) is 15.1 Å². The molecule has 0 aromatic carbocycles. The number of nitrogens with zero attached hydrogens (tertiary/aromatic N) is 2. The molecule has 1 fully saturated rings. The van der Waals surface area contributed by atoms with E-state index in [9.17, 15) is 13.2 Å². The number of aromatic nitrogens is 2. The number of rotatable bonds is 4. The normalized spacial score (nSPS) is 24.5. The lowest BCUT2D eigenvalue weighted by atomic mass is 10.0. The summed E-state index contributed by atoms with van der Waals surface area (Å²) < 4.78 is 24.7. The molecule has 0 bridgehead atoms. The Balaban J connectivity index is 1.97. The van der Waals surface area contributed by atoms with Gasteiger partial charge in [0.05, 0.1) is 23.2 Å². The van der Waals surface area contributed by atoms with Crippen LogP contribution in [0, 0.1) is 0 Å². The van der Waals surface area contributed by atoms with E-state index in [1.807, 2.05) is 6.92 Å². The van der Waals surface area contributed by atoms with Gasteiger partial charge in [0.2, 0.25) is 0 Å². The van der Waals surface area contributed by atoms with Gasteiger partial charge in [0, 0.05) is 12.6 Å². The van der Waals surface area contributed by atoms with Crippen molar-refractivity contribution in [3.05, 3.63) is 12.3 Å². The summed E-state index contributed by atoms with van der Waals surface area (Å²) in [4.78, 5) is 12.0. The first-order valence-electron chi connectivity index (χ1n) is 6.65. The Bertz CT molecular complexity index is 596. The van der Waals surface area contributed by atoms with E-state index in [0.29, 0.717) is 18.8 Å². The molecule has 1 atom stereocenters. The highest BCUT2D eigenvalue weighted by Gasteiger charge is 2.39. The molecule has 2 rings (SSSR count). The molecule has 0 unspecified atom stereocenters. The quantitative estimate of drug-likeness (QED) is 0.867. The lowest BCUT2D eigenvalue weighted by Crippen LogP contribution is -2.48. The second-order valence-corrected chi connectivity index (χ2v) is 7.61. The van der Waals surface area contributed by atoms with Gasteiger partial charge in [-0.05, 0) is 19.8 Å². The molecule has 2 N–H and O–H groups in total. The fourth-order valence-corrected chi connectivity index (χ4v) is 4.45. The summed E-state index contributed by atoms with van der Waals surface area (Å²) in [7, 11) is -3.04. The first kappa shape index (κ1) is 14.8. The summed E-state index contributed by atoms with van der Waals surface area (Å²) in [6.07, 6.45) is 2.97. The zero-order valence-electron chi connectivity index (χ0n) is 11.7. The third-order valence-corrected chi connectivity index (χ3v) is 5.22. The third kappa shape index (κ3) is 3.50. The van der Waals surface area contributed by atoms with Crippen LogP contribution >= 0.6 is 0 Å². The van der Waals surface area contributed by atoms with E-state index in [-0.39, 0.29) is 11.5 Å². The molecule has 112 valence electrons. The standard InChI is InChI=1S/C12H20N4O3S/c1-3-7-16-10(4-6-13-16)14-11(17)15-12(2)5-8-20(18,19)9-12/h4,6H,3,5,7-9H2,1-2H3,(H2,14,15,17)/t12-/m1/s1. The number of hydrogen-bond acceptors (Lipinski definition) is 4. The summed E-state index contributed by atoms with van der Waals surface area (Å²) in [5.74, 6) is 0.716. The molecule has 20 heavy (non-hydrogen) atoms. The van der Waals surface area contributed by atoms with Crippen LogP contribution in [-0.4, -0.2) is 41.3 Å². The van der Waals surface area contributed by atoms with Gasteiger partial charge in [-0.25, -0.2) is 17.9 Å². The lowest BCUT2D eigenvalue weighted by molar-refractivity contribution is 0.242. The summed E-state index contributed by atoms with van der Waals surface area (Å²) in [6.45, 7) is 4.49. The van der Waals surface area contributed by atoms with Crippen LogP contribution < -0.4 is 10.6 Å². The van der Waals surface area contributed by atoms with Crippen LogP contribution in [0.5, 0.6) is 0 Å². The molecule has 1 aliphatic rings. The van der Waals surface area contributed by atoms with E-state index in [4.69, 9.17) is 0 Å². The fourth-order valence-electron chi connectivity index (χ4n) is 2.36. The first-order valence-corrected chi connectivity index (χ1v) is 8.47. The van der Waals surface area contributed by atoms with E-state index in [1.165, 1.54) is 0 Å². The number of urea groups is 1. The molecular weight excluding hydrogens is 280 g/mol. The topological polar surface area (TPSA) is 93.1 Å². The largest absolute Gasteiger partial charge is 0.332 e. The summed E-state index contributed by atoms with van der Waals surface area (Å²) in [5.41, 5.74) is -0.696.